The number of ether oxygens (including phenoxy) is 1. The number of anilines is 1. The van der Waals surface area contributed by atoms with Crippen molar-refractivity contribution in [3.8, 4) is 11.4 Å². The van der Waals surface area contributed by atoms with Crippen LogP contribution in [0.5, 0.6) is 0 Å². The van der Waals surface area contributed by atoms with Crippen LogP contribution in [0.2, 0.25) is 0 Å². The van der Waals surface area contributed by atoms with E-state index in [1.54, 1.807) is 24.5 Å². The zero-order valence-corrected chi connectivity index (χ0v) is 20.0. The number of carbonyl (C=O) groups excluding carboxylic acids is 2. The molecule has 0 unspecified atom stereocenters. The first-order chi connectivity index (χ1) is 17.0. The van der Waals surface area contributed by atoms with Gasteiger partial charge in [-0.25, -0.2) is 4.98 Å². The maximum Gasteiger partial charge on any atom is 0.253 e. The zero-order valence-electron chi connectivity index (χ0n) is 20.0. The van der Waals surface area contributed by atoms with Crippen molar-refractivity contribution < 1.29 is 14.3 Å². The number of nitrogens with zero attached hydrogens (tertiary/aromatic N) is 3. The largest absolute Gasteiger partial charge is 0.375 e. The van der Waals surface area contributed by atoms with Gasteiger partial charge in [-0.15, -0.1) is 0 Å². The number of amides is 2. The van der Waals surface area contributed by atoms with Crippen LogP contribution in [-0.4, -0.2) is 46.6 Å². The molecule has 0 aliphatic heterocycles. The SMILES string of the molecule is COCC(=O)Nc1cc(C(=O)NC[C@@H]2C[C@H]3C=C[C@H]2C32CC2)c2c(c1)nc(-c1ccncc1)n2C. The number of benzene rings is 1. The number of rotatable bonds is 7. The monoisotopic (exact) mass is 471 g/mol. The third-order valence-corrected chi connectivity index (χ3v) is 8.08. The van der Waals surface area contributed by atoms with Crippen LogP contribution in [0.1, 0.15) is 29.6 Å². The van der Waals surface area contributed by atoms with Gasteiger partial charge in [0.25, 0.3) is 5.91 Å². The molecule has 3 atom stereocenters. The normalized spacial score (nSPS) is 23.2. The summed E-state index contributed by atoms with van der Waals surface area (Å²) in [6.45, 7) is 0.590. The summed E-state index contributed by atoms with van der Waals surface area (Å²) < 4.78 is 6.87. The summed E-state index contributed by atoms with van der Waals surface area (Å²) in [6.07, 6.45) is 12.0. The molecule has 0 radical (unpaired) electrons. The maximum atomic E-state index is 13.5. The Hall–Kier alpha value is -3.52. The molecular weight excluding hydrogens is 442 g/mol. The Bertz CT molecular complexity index is 1340. The zero-order chi connectivity index (χ0) is 24.2. The third kappa shape index (κ3) is 3.63. The number of fused-ring (bicyclic) bond motifs is 1. The predicted molar refractivity (Wildman–Crippen MR) is 133 cm³/mol. The minimum Gasteiger partial charge on any atom is -0.375 e. The van der Waals surface area contributed by atoms with Gasteiger partial charge in [0.1, 0.15) is 12.4 Å². The minimum atomic E-state index is -0.285. The smallest absolute Gasteiger partial charge is 0.253 e. The van der Waals surface area contributed by atoms with E-state index in [4.69, 9.17) is 9.72 Å². The van der Waals surface area contributed by atoms with Gasteiger partial charge in [0.15, 0.2) is 0 Å². The van der Waals surface area contributed by atoms with E-state index in [9.17, 15) is 9.59 Å². The molecule has 2 aromatic heterocycles. The van der Waals surface area contributed by atoms with Crippen LogP contribution in [-0.2, 0) is 16.6 Å². The first kappa shape index (κ1) is 22.0. The van der Waals surface area contributed by atoms with Crippen molar-refractivity contribution in [2.75, 3.05) is 25.6 Å². The number of pyridine rings is 1. The fourth-order valence-electron chi connectivity index (χ4n) is 6.36. The summed E-state index contributed by atoms with van der Waals surface area (Å²) in [6, 6.07) is 7.30. The lowest BCUT2D eigenvalue weighted by atomic mass is 9.89. The van der Waals surface area contributed by atoms with E-state index in [1.807, 2.05) is 23.7 Å². The summed E-state index contributed by atoms with van der Waals surface area (Å²) in [4.78, 5) is 34.6. The highest BCUT2D eigenvalue weighted by atomic mass is 16.5. The van der Waals surface area contributed by atoms with Crippen molar-refractivity contribution in [1.82, 2.24) is 19.9 Å². The van der Waals surface area contributed by atoms with E-state index in [1.165, 1.54) is 20.0 Å². The van der Waals surface area contributed by atoms with Gasteiger partial charge in [0.05, 0.1) is 16.6 Å². The Morgan fingerprint density at radius 1 is 1.20 bits per heavy atom. The Labute approximate surface area is 203 Å². The van der Waals surface area contributed by atoms with Crippen molar-refractivity contribution in [3.63, 3.8) is 0 Å². The van der Waals surface area contributed by atoms with E-state index in [2.05, 4.69) is 27.8 Å². The van der Waals surface area contributed by atoms with Gasteiger partial charge in [-0.1, -0.05) is 12.2 Å². The molecule has 35 heavy (non-hydrogen) atoms. The molecule has 8 heteroatoms. The summed E-state index contributed by atoms with van der Waals surface area (Å²) in [5.74, 6) is 2.04. The van der Waals surface area contributed by atoms with Crippen LogP contribution in [0, 0.1) is 23.2 Å². The summed E-state index contributed by atoms with van der Waals surface area (Å²) >= 11 is 0. The molecule has 2 amide bonds. The standard InChI is InChI=1S/C27H29N5O3/c1-32-24-20(26(34)29-14-17-11-18-3-4-21(17)27(18)7-8-27)12-19(30-23(33)15-35-2)13-22(24)31-25(32)16-5-9-28-10-6-16/h3-6,9-10,12-13,17-18,21H,7-8,11,14-15H2,1-2H3,(H,29,34)(H,30,33)/t17-,18+,21+/m0/s1. The average Bonchev–Trinajstić information content (AvgIpc) is 3.41. The fourth-order valence-corrected chi connectivity index (χ4v) is 6.36. The molecule has 1 spiro atoms. The molecule has 8 nitrogen and oxygen atoms in total. The van der Waals surface area contributed by atoms with Gasteiger partial charge < -0.3 is 19.9 Å². The second-order valence-corrected chi connectivity index (χ2v) is 10.1. The van der Waals surface area contributed by atoms with Crippen LogP contribution >= 0.6 is 0 Å². The minimum absolute atomic E-state index is 0.0659. The van der Waals surface area contributed by atoms with Crippen molar-refractivity contribution >= 4 is 28.5 Å². The van der Waals surface area contributed by atoms with Gasteiger partial charge in [-0.2, -0.15) is 0 Å². The van der Waals surface area contributed by atoms with Gasteiger partial charge in [0, 0.05) is 44.3 Å². The number of nitrogens with one attached hydrogen (secondary N) is 2. The summed E-state index contributed by atoms with van der Waals surface area (Å²) in [5, 5.41) is 6.03. The number of hydrogen-bond donors (Lipinski definition) is 2. The van der Waals surface area contributed by atoms with Crippen LogP contribution in [0.25, 0.3) is 22.4 Å². The second kappa shape index (κ2) is 8.30. The van der Waals surface area contributed by atoms with Crippen LogP contribution in [0.3, 0.4) is 0 Å². The van der Waals surface area contributed by atoms with Gasteiger partial charge in [-0.3, -0.25) is 14.6 Å². The van der Waals surface area contributed by atoms with Crippen molar-refractivity contribution in [3.05, 3.63) is 54.4 Å². The van der Waals surface area contributed by atoms with Crippen molar-refractivity contribution in [2.45, 2.75) is 19.3 Å². The lowest BCUT2D eigenvalue weighted by molar-refractivity contribution is -0.119. The summed E-state index contributed by atoms with van der Waals surface area (Å²) in [5.41, 5.74) is 3.77. The number of methoxy groups -OCH3 is 1. The molecule has 3 aliphatic carbocycles. The number of carbonyl (C=O) groups is 2. The highest BCUT2D eigenvalue weighted by Crippen LogP contribution is 2.69. The van der Waals surface area contributed by atoms with E-state index in [0.717, 1.165) is 23.3 Å². The molecule has 2 fully saturated rings. The van der Waals surface area contributed by atoms with Crippen LogP contribution < -0.4 is 10.6 Å². The molecule has 3 aromatic rings. The van der Waals surface area contributed by atoms with Crippen molar-refractivity contribution in [1.29, 1.82) is 0 Å². The first-order valence-electron chi connectivity index (χ1n) is 12.2. The van der Waals surface area contributed by atoms with Gasteiger partial charge in [-0.05, 0) is 66.7 Å². The predicted octanol–water partition coefficient (Wildman–Crippen LogP) is 3.55. The van der Waals surface area contributed by atoms with Gasteiger partial charge in [0.2, 0.25) is 5.91 Å². The molecule has 2 bridgehead atoms. The molecule has 0 saturated heterocycles. The number of hydrogen-bond acceptors (Lipinski definition) is 5. The molecule has 3 aliphatic rings. The Morgan fingerprint density at radius 2 is 2.00 bits per heavy atom. The maximum absolute atomic E-state index is 13.5. The van der Waals surface area contributed by atoms with Gasteiger partial charge >= 0.3 is 0 Å². The fraction of sp³-hybridized carbons (Fsp3) is 0.407. The highest BCUT2D eigenvalue weighted by Gasteiger charge is 2.62. The molecular formula is C27H29N5O3. The van der Waals surface area contributed by atoms with E-state index in [0.29, 0.717) is 46.5 Å². The van der Waals surface area contributed by atoms with Crippen LogP contribution in [0.4, 0.5) is 5.69 Å². The number of aryl methyl sites for hydroxylation is 1. The lowest BCUT2D eigenvalue weighted by Crippen LogP contribution is -2.32. The highest BCUT2D eigenvalue weighted by molar-refractivity contribution is 6.08. The van der Waals surface area contributed by atoms with E-state index < -0.39 is 0 Å². The summed E-state index contributed by atoms with van der Waals surface area (Å²) in [7, 11) is 3.38. The van der Waals surface area contributed by atoms with Crippen LogP contribution in [0.15, 0.2) is 48.8 Å². The number of imidazole rings is 1. The Balaban J connectivity index is 1.32. The first-order valence-corrected chi connectivity index (χ1v) is 12.2. The van der Waals surface area contributed by atoms with E-state index in [-0.39, 0.29) is 18.4 Å². The second-order valence-electron chi connectivity index (χ2n) is 10.1. The van der Waals surface area contributed by atoms with E-state index >= 15 is 0 Å². The van der Waals surface area contributed by atoms with Crippen molar-refractivity contribution in [2.24, 2.45) is 30.2 Å². The Kier molecular flexibility index (Phi) is 5.21. The Morgan fingerprint density at radius 3 is 2.71 bits per heavy atom. The molecule has 2 heterocycles. The molecule has 1 aromatic carbocycles. The quantitative estimate of drug-likeness (QED) is 0.514. The average molecular weight is 472 g/mol. The molecule has 2 saturated carbocycles. The number of allylic oxidation sites excluding steroid dienone is 2. The third-order valence-electron chi connectivity index (χ3n) is 8.08. The molecule has 180 valence electrons. The topological polar surface area (TPSA) is 98.1 Å². The number of aromatic nitrogens is 3. The molecule has 6 rings (SSSR count). The lowest BCUT2D eigenvalue weighted by Gasteiger charge is -2.20. The molecule has 2 N–H and O–H groups in total.